The van der Waals surface area contributed by atoms with E-state index in [-0.39, 0.29) is 43.4 Å². The van der Waals surface area contributed by atoms with Gasteiger partial charge in [0.25, 0.3) is 0 Å². The maximum atomic E-state index is 14.6. The van der Waals surface area contributed by atoms with Crippen LogP contribution in [0.5, 0.6) is 0 Å². The number of H-pyrrole nitrogens is 1. The maximum Gasteiger partial charge on any atom is 2.00 e. The van der Waals surface area contributed by atoms with Crippen LogP contribution in [0.25, 0.3) is 44.5 Å². The molecule has 0 atom stereocenters. The van der Waals surface area contributed by atoms with Crippen LogP contribution in [0.2, 0.25) is 0 Å². The fourth-order valence-corrected chi connectivity index (χ4v) is 27.8. The monoisotopic (exact) mass is 2090 g/mol. The fraction of sp³-hybridized carbons (Fsp3) is 0.00893. The van der Waals surface area contributed by atoms with Gasteiger partial charge in [-0.3, -0.25) is 19.6 Å². The van der Waals surface area contributed by atoms with E-state index in [1.165, 1.54) is 47.0 Å². The number of hydrogen-bond acceptors (Lipinski definition) is 9. The van der Waals surface area contributed by atoms with Crippen LogP contribution in [-0.4, -0.2) is 67.6 Å². The van der Waals surface area contributed by atoms with Crippen molar-refractivity contribution >= 4 is 216 Å². The van der Waals surface area contributed by atoms with Gasteiger partial charge in [-0.15, -0.1) is 0 Å². The summed E-state index contributed by atoms with van der Waals surface area (Å²) in [4.78, 5) is 18.0. The Bertz CT molecular complexity index is 6890. The first kappa shape index (κ1) is 103. The largest absolute Gasteiger partial charge is 2.00 e. The zero-order valence-electron chi connectivity index (χ0n) is 75.5. The number of aromatic nitrogens is 6. The normalized spacial score (nSPS) is 10.8. The van der Waals surface area contributed by atoms with Crippen molar-refractivity contribution in [3.05, 3.63) is 538 Å². The number of alkyl halides is 1. The number of halogens is 6. The molecule has 0 radical (unpaired) electrons. The molecule has 21 aromatic rings. The molecule has 24 heteroatoms. The predicted molar refractivity (Wildman–Crippen MR) is 581 cm³/mol. The number of benzene rings is 18. The quantitative estimate of drug-likeness (QED) is 0.0212. The molecule has 3 N–H and O–H groups in total. The number of hydrogen-bond donors (Lipinski definition) is 3. The Morgan fingerprint density at radius 3 is 0.801 bits per heavy atom. The van der Waals surface area contributed by atoms with E-state index < -0.39 is 35.8 Å². The van der Waals surface area contributed by atoms with Crippen molar-refractivity contribution in [2.75, 3.05) is 4.93 Å². The third-order valence-corrected chi connectivity index (χ3v) is 36.6. The predicted octanol–water partition coefficient (Wildman–Crippen LogP) is 24.6. The van der Waals surface area contributed by atoms with Crippen LogP contribution in [-0.2, 0) is 18.3 Å². The van der Waals surface area contributed by atoms with Crippen molar-refractivity contribution in [3.63, 3.8) is 0 Å². The smallest absolute Gasteiger partial charge is 1.00 e. The number of fused-ring (bicyclic) bond motifs is 3. The molecule has 0 unspecified atom stereocenters. The Balaban J connectivity index is 0.000000170. The number of imidazole rings is 3. The molecule has 3 heterocycles. The molecular formula is C112H93BrClF3IMgN6O6P5. The number of para-hydroxylation sites is 6. The molecule has 0 aliphatic heterocycles. The molecule has 18 aromatic carbocycles. The summed E-state index contributed by atoms with van der Waals surface area (Å²) in [7, 11) is -12.8. The molecule has 21 rings (SSSR count). The van der Waals surface area contributed by atoms with E-state index in [1.54, 1.807) is 42.7 Å². The first-order valence-electron chi connectivity index (χ1n) is 42.5. The summed E-state index contributed by atoms with van der Waals surface area (Å²) in [5, 5.41) is 23.2. The molecule has 12 nitrogen and oxygen atoms in total. The molecule has 0 saturated carbocycles. The molecule has 0 bridgehead atoms. The van der Waals surface area contributed by atoms with Gasteiger partial charge in [0.15, 0.2) is 28.6 Å². The van der Waals surface area contributed by atoms with E-state index in [2.05, 4.69) is 82.7 Å². The Morgan fingerprint density at radius 1 is 0.294 bits per heavy atom. The number of rotatable bonds is 16. The summed E-state index contributed by atoms with van der Waals surface area (Å²) in [6, 6.07) is 155. The van der Waals surface area contributed by atoms with E-state index in [0.717, 1.165) is 80.8 Å². The topological polar surface area (TPSA) is 173 Å². The summed E-state index contributed by atoms with van der Waals surface area (Å²) in [6.07, 6.45) is 5.34. The third-order valence-electron chi connectivity index (χ3n) is 21.2. The van der Waals surface area contributed by atoms with Crippen molar-refractivity contribution in [2.24, 2.45) is 0 Å². The van der Waals surface area contributed by atoms with Gasteiger partial charge in [-0.1, -0.05) is 444 Å². The van der Waals surface area contributed by atoms with Gasteiger partial charge in [-0.05, 0) is 119 Å². The molecule has 0 fully saturated rings. The van der Waals surface area contributed by atoms with Crippen molar-refractivity contribution in [3.8, 4) is 11.4 Å². The van der Waals surface area contributed by atoms with E-state index in [0.29, 0.717) is 31.8 Å². The van der Waals surface area contributed by atoms with Crippen LogP contribution in [0.15, 0.2) is 521 Å². The van der Waals surface area contributed by atoms with E-state index in [1.807, 2.05) is 427 Å². The van der Waals surface area contributed by atoms with Crippen molar-refractivity contribution < 1.29 is 44.8 Å². The van der Waals surface area contributed by atoms with Crippen LogP contribution >= 0.6 is 85.6 Å². The standard InChI is InChI=1S/2C25H19N2OP.2C18H14FOP.C12H10ClP.C7H6N2.C6H4BrF.CH3I.Mg.H2O2.2H/c2*28-29(21-11-3-1-4-12-21,22-13-5-2-6-14-22)23-15-9-10-20(18-23)27-19-26-24-16-7-8-17-25(24)27;2*19-15-8-7-13-18(14-15)21(20,16-9-3-1-4-10-16)17-11-5-2-6-12-17;13-14(11-7-3-1-4-8-11)12-9-5-2-6-10-12;1-2-4-7-6(3-1)8-5-9-7;7-5-2-1-3-6(8)4-5;1-2;;1-2;;/h2*1-19H;2*1-14H;1-10H;1-5H,(H,8,9);1-4H;1H3;;1-2H;;/q;;;;;;;;+2;;2*-1. The Labute approximate surface area is 837 Å². The number of nitrogens with zero attached hydrogens (tertiary/aromatic N) is 5. The minimum Gasteiger partial charge on any atom is -1.00 e. The first-order valence-corrected chi connectivity index (χ1v) is 54.5. The molecule has 0 saturated heterocycles. The molecule has 0 spiro atoms. The second-order valence-electron chi connectivity index (χ2n) is 29.6. The zero-order valence-corrected chi connectivity index (χ0v) is 83.9. The SMILES string of the molecule is CI.ClP(c1ccccc1)c1ccccc1.Fc1cccc(Br)c1.O=P(c1ccccc1)(c1ccccc1)c1cccc(-n2cnc3ccccc32)c1.O=P(c1ccccc1)(c1ccccc1)c1cccc(-n2cnc3ccccc32)c1.O=P(c1ccccc1)(c1ccccc1)c1cccc(F)c1.O=P(c1ccccc1)(c1ccccc1)c1cccc(F)c1.OO.[H-].[H-].[Mg+2].c1ccc2[nH]cnc2c1. The van der Waals surface area contributed by atoms with Gasteiger partial charge in [-0.2, -0.15) is 0 Å². The van der Waals surface area contributed by atoms with Crippen LogP contribution in [0.1, 0.15) is 2.85 Å². The molecule has 676 valence electrons. The third kappa shape index (κ3) is 25.7. The van der Waals surface area contributed by atoms with Crippen LogP contribution in [0.3, 0.4) is 0 Å². The van der Waals surface area contributed by atoms with Crippen molar-refractivity contribution in [2.45, 2.75) is 0 Å². The molecule has 3 aromatic heterocycles. The number of nitrogens with one attached hydrogen (secondary N) is 1. The second kappa shape index (κ2) is 51.6. The summed E-state index contributed by atoms with van der Waals surface area (Å²) >= 11 is 11.7. The van der Waals surface area contributed by atoms with Gasteiger partial charge in [0, 0.05) is 79.5 Å². The second-order valence-corrected chi connectivity index (χ2v) is 44.2. The molecule has 0 aliphatic carbocycles. The van der Waals surface area contributed by atoms with Gasteiger partial charge in [0.2, 0.25) is 0 Å². The van der Waals surface area contributed by atoms with Crippen LogP contribution in [0.4, 0.5) is 13.2 Å². The van der Waals surface area contributed by atoms with Crippen molar-refractivity contribution in [1.29, 1.82) is 0 Å². The van der Waals surface area contributed by atoms with Gasteiger partial charge in [-0.25, -0.2) is 28.1 Å². The summed E-state index contributed by atoms with van der Waals surface area (Å²) in [5.41, 5.74) is 7.94. The van der Waals surface area contributed by atoms with Crippen LogP contribution < -0.4 is 74.3 Å². The van der Waals surface area contributed by atoms with E-state index in [4.69, 9.17) is 21.8 Å². The summed E-state index contributed by atoms with van der Waals surface area (Å²) < 4.78 is 101. The average molecular weight is 2100 g/mol. The van der Waals surface area contributed by atoms with Gasteiger partial charge in [0.05, 0.1) is 46.7 Å². The van der Waals surface area contributed by atoms with Gasteiger partial charge in [0.1, 0.15) is 30.1 Å². The molecule has 0 aliphatic rings. The summed E-state index contributed by atoms with van der Waals surface area (Å²) in [5.74, 6) is -0.960. The van der Waals surface area contributed by atoms with Gasteiger partial charge < -0.3 is 26.1 Å². The first-order chi connectivity index (χ1) is 66.1. The molecular weight excluding hydrogens is 2000 g/mol. The minimum atomic E-state index is -3.04. The minimum absolute atomic E-state index is 0. The van der Waals surface area contributed by atoms with Crippen molar-refractivity contribution in [1.82, 2.24) is 29.1 Å². The Kier molecular flexibility index (Phi) is 38.9. The zero-order chi connectivity index (χ0) is 94.7. The molecule has 136 heavy (non-hydrogen) atoms. The van der Waals surface area contributed by atoms with Gasteiger partial charge >= 0.3 is 23.1 Å². The molecule has 0 amide bonds. The number of aromatic amines is 1. The van der Waals surface area contributed by atoms with E-state index in [9.17, 15) is 31.4 Å². The Hall–Kier alpha value is -12.3. The fourth-order valence-electron chi connectivity index (χ4n) is 14.8. The average Bonchev–Trinajstić information content (AvgIpc) is 1.51. The van der Waals surface area contributed by atoms with E-state index >= 15 is 0 Å². The Morgan fingerprint density at radius 2 is 0.529 bits per heavy atom. The van der Waals surface area contributed by atoms with Crippen LogP contribution in [0, 0.1) is 17.5 Å². The maximum absolute atomic E-state index is 14.6. The summed E-state index contributed by atoms with van der Waals surface area (Å²) in [6.45, 7) is 0.